The monoisotopic (exact) mass is 340 g/mol. The maximum Gasteiger partial charge on any atom is 0.224 e. The number of rotatable bonds is 5. The van der Waals surface area contributed by atoms with E-state index in [1.807, 2.05) is 36.0 Å². The third-order valence-electron chi connectivity index (χ3n) is 4.29. The molecule has 1 fully saturated rings. The van der Waals surface area contributed by atoms with Crippen LogP contribution in [0.4, 0.5) is 5.69 Å². The van der Waals surface area contributed by atoms with Gasteiger partial charge in [0.1, 0.15) is 0 Å². The molecule has 4 heteroatoms. The van der Waals surface area contributed by atoms with Crippen molar-refractivity contribution >= 4 is 23.4 Å². The molecule has 1 saturated heterocycles. The van der Waals surface area contributed by atoms with Crippen molar-refractivity contribution in [1.82, 2.24) is 5.32 Å². The van der Waals surface area contributed by atoms with Gasteiger partial charge in [-0.3, -0.25) is 4.79 Å². The quantitative estimate of drug-likeness (QED) is 0.905. The van der Waals surface area contributed by atoms with Gasteiger partial charge in [-0.1, -0.05) is 42.0 Å². The van der Waals surface area contributed by atoms with Crippen LogP contribution in [-0.4, -0.2) is 30.5 Å². The molecule has 0 bridgehead atoms. The van der Waals surface area contributed by atoms with Gasteiger partial charge in [-0.25, -0.2) is 0 Å². The molecule has 126 valence electrons. The van der Waals surface area contributed by atoms with Gasteiger partial charge in [-0.2, -0.15) is 11.8 Å². The maximum atomic E-state index is 12.1. The fraction of sp³-hybridized carbons (Fsp3) is 0.350. The largest absolute Gasteiger partial charge is 0.370 e. The Morgan fingerprint density at radius 3 is 2.29 bits per heavy atom. The summed E-state index contributed by atoms with van der Waals surface area (Å²) in [7, 11) is 0. The van der Waals surface area contributed by atoms with Gasteiger partial charge < -0.3 is 10.2 Å². The summed E-state index contributed by atoms with van der Waals surface area (Å²) in [5, 5.41) is 3.01. The molecule has 3 rings (SSSR count). The number of anilines is 1. The first-order valence-electron chi connectivity index (χ1n) is 8.44. The molecule has 1 amide bonds. The van der Waals surface area contributed by atoms with E-state index in [0.717, 1.165) is 24.2 Å². The predicted molar refractivity (Wildman–Crippen MR) is 103 cm³/mol. The lowest BCUT2D eigenvalue weighted by atomic mass is 10.1. The molecule has 3 nitrogen and oxygen atoms in total. The van der Waals surface area contributed by atoms with Crippen LogP contribution in [-0.2, 0) is 17.8 Å². The molecule has 0 atom stereocenters. The van der Waals surface area contributed by atoms with Crippen LogP contribution in [0.3, 0.4) is 0 Å². The Bertz CT molecular complexity index is 661. The van der Waals surface area contributed by atoms with Crippen LogP contribution < -0.4 is 10.2 Å². The lowest BCUT2D eigenvalue weighted by Gasteiger charge is -2.28. The lowest BCUT2D eigenvalue weighted by Crippen LogP contribution is -2.32. The highest BCUT2D eigenvalue weighted by atomic mass is 32.2. The van der Waals surface area contributed by atoms with E-state index in [-0.39, 0.29) is 5.91 Å². The SMILES string of the molecule is Cc1ccc(CC(=O)NCc2ccc(N3CCSCC3)cc2)cc1. The zero-order chi connectivity index (χ0) is 16.8. The third kappa shape index (κ3) is 4.78. The first-order chi connectivity index (χ1) is 11.7. The molecular weight excluding hydrogens is 316 g/mol. The van der Waals surface area contributed by atoms with E-state index in [4.69, 9.17) is 0 Å². The molecule has 1 aliphatic heterocycles. The van der Waals surface area contributed by atoms with E-state index in [2.05, 4.69) is 41.4 Å². The molecule has 0 radical (unpaired) electrons. The normalized spacial score (nSPS) is 14.5. The molecule has 1 aliphatic rings. The third-order valence-corrected chi connectivity index (χ3v) is 5.23. The van der Waals surface area contributed by atoms with Crippen LogP contribution in [0, 0.1) is 6.92 Å². The Kier molecular flexibility index (Phi) is 5.81. The second-order valence-corrected chi connectivity index (χ2v) is 7.43. The summed E-state index contributed by atoms with van der Waals surface area (Å²) < 4.78 is 0. The van der Waals surface area contributed by atoms with Crippen LogP contribution in [0.25, 0.3) is 0 Å². The minimum atomic E-state index is 0.0657. The Morgan fingerprint density at radius 1 is 1.00 bits per heavy atom. The molecule has 0 aromatic heterocycles. The second kappa shape index (κ2) is 8.25. The highest BCUT2D eigenvalue weighted by Gasteiger charge is 2.11. The molecule has 1 N–H and O–H groups in total. The fourth-order valence-electron chi connectivity index (χ4n) is 2.80. The highest BCUT2D eigenvalue weighted by Crippen LogP contribution is 2.19. The van der Waals surface area contributed by atoms with Gasteiger partial charge >= 0.3 is 0 Å². The lowest BCUT2D eigenvalue weighted by molar-refractivity contribution is -0.120. The average molecular weight is 340 g/mol. The number of hydrogen-bond acceptors (Lipinski definition) is 3. The van der Waals surface area contributed by atoms with Crippen LogP contribution in [0.5, 0.6) is 0 Å². The molecule has 0 saturated carbocycles. The van der Waals surface area contributed by atoms with Crippen LogP contribution >= 0.6 is 11.8 Å². The molecule has 0 unspecified atom stereocenters. The van der Waals surface area contributed by atoms with E-state index in [9.17, 15) is 4.79 Å². The van der Waals surface area contributed by atoms with Gasteiger partial charge in [-0.15, -0.1) is 0 Å². The molecule has 24 heavy (non-hydrogen) atoms. The van der Waals surface area contributed by atoms with E-state index < -0.39 is 0 Å². The number of hydrogen-bond donors (Lipinski definition) is 1. The van der Waals surface area contributed by atoms with Crippen molar-refractivity contribution in [3.05, 3.63) is 65.2 Å². The van der Waals surface area contributed by atoms with Gasteiger partial charge in [0.25, 0.3) is 0 Å². The van der Waals surface area contributed by atoms with E-state index in [1.54, 1.807) is 0 Å². The molecule has 2 aromatic carbocycles. The van der Waals surface area contributed by atoms with Crippen molar-refractivity contribution in [1.29, 1.82) is 0 Å². The van der Waals surface area contributed by atoms with Gasteiger partial charge in [0, 0.05) is 36.8 Å². The minimum absolute atomic E-state index is 0.0657. The van der Waals surface area contributed by atoms with Gasteiger partial charge in [0.05, 0.1) is 6.42 Å². The molecular formula is C20H24N2OS. The minimum Gasteiger partial charge on any atom is -0.370 e. The van der Waals surface area contributed by atoms with E-state index in [0.29, 0.717) is 13.0 Å². The number of amides is 1. The number of carbonyl (C=O) groups is 1. The maximum absolute atomic E-state index is 12.1. The Labute approximate surface area is 148 Å². The number of thioether (sulfide) groups is 1. The summed E-state index contributed by atoms with van der Waals surface area (Å²) in [5.74, 6) is 2.48. The van der Waals surface area contributed by atoms with E-state index >= 15 is 0 Å². The summed E-state index contributed by atoms with van der Waals surface area (Å²) in [5.41, 5.74) is 4.69. The Hall–Kier alpha value is -1.94. The van der Waals surface area contributed by atoms with Gasteiger partial charge in [0.2, 0.25) is 5.91 Å². The van der Waals surface area contributed by atoms with Crippen molar-refractivity contribution in [3.63, 3.8) is 0 Å². The van der Waals surface area contributed by atoms with Gasteiger partial charge in [-0.05, 0) is 30.2 Å². The molecule has 1 heterocycles. The molecule has 0 spiro atoms. The van der Waals surface area contributed by atoms with Crippen LogP contribution in [0.15, 0.2) is 48.5 Å². The summed E-state index contributed by atoms with van der Waals surface area (Å²) in [6, 6.07) is 16.7. The summed E-state index contributed by atoms with van der Waals surface area (Å²) in [6.45, 7) is 4.88. The van der Waals surface area contributed by atoms with Crippen molar-refractivity contribution in [2.24, 2.45) is 0 Å². The zero-order valence-electron chi connectivity index (χ0n) is 14.1. The summed E-state index contributed by atoms with van der Waals surface area (Å²) in [4.78, 5) is 14.5. The van der Waals surface area contributed by atoms with Crippen molar-refractivity contribution in [2.75, 3.05) is 29.5 Å². The van der Waals surface area contributed by atoms with Crippen LogP contribution in [0.1, 0.15) is 16.7 Å². The Balaban J connectivity index is 1.49. The predicted octanol–water partition coefficient (Wildman–Crippen LogP) is 3.41. The fourth-order valence-corrected chi connectivity index (χ4v) is 3.70. The molecule has 0 aliphatic carbocycles. The topological polar surface area (TPSA) is 32.3 Å². The van der Waals surface area contributed by atoms with E-state index in [1.165, 1.54) is 22.8 Å². The average Bonchev–Trinajstić information content (AvgIpc) is 2.63. The number of benzene rings is 2. The first kappa shape index (κ1) is 16.9. The number of nitrogens with zero attached hydrogens (tertiary/aromatic N) is 1. The second-order valence-electron chi connectivity index (χ2n) is 6.20. The number of nitrogens with one attached hydrogen (secondary N) is 1. The van der Waals surface area contributed by atoms with Crippen molar-refractivity contribution < 1.29 is 4.79 Å². The Morgan fingerprint density at radius 2 is 1.62 bits per heavy atom. The highest BCUT2D eigenvalue weighted by molar-refractivity contribution is 7.99. The van der Waals surface area contributed by atoms with Crippen molar-refractivity contribution in [2.45, 2.75) is 19.9 Å². The van der Waals surface area contributed by atoms with Crippen LogP contribution in [0.2, 0.25) is 0 Å². The standard InChI is InChI=1S/C20H24N2OS/c1-16-2-4-17(5-3-16)14-20(23)21-15-18-6-8-19(9-7-18)22-10-12-24-13-11-22/h2-9H,10-15H2,1H3,(H,21,23). The number of aryl methyl sites for hydroxylation is 1. The zero-order valence-corrected chi connectivity index (χ0v) is 14.9. The number of carbonyl (C=O) groups excluding carboxylic acids is 1. The smallest absolute Gasteiger partial charge is 0.224 e. The summed E-state index contributed by atoms with van der Waals surface area (Å²) >= 11 is 2.02. The van der Waals surface area contributed by atoms with Gasteiger partial charge in [0.15, 0.2) is 0 Å². The molecule has 2 aromatic rings. The summed E-state index contributed by atoms with van der Waals surface area (Å²) in [6.07, 6.45) is 0.434. The first-order valence-corrected chi connectivity index (χ1v) is 9.60. The van der Waals surface area contributed by atoms with Crippen molar-refractivity contribution in [3.8, 4) is 0 Å².